The van der Waals surface area contributed by atoms with Crippen LogP contribution >= 0.6 is 0 Å². The summed E-state index contributed by atoms with van der Waals surface area (Å²) < 4.78 is 10.1. The molecule has 0 amide bonds. The molecule has 0 saturated heterocycles. The van der Waals surface area contributed by atoms with E-state index in [4.69, 9.17) is 15.2 Å². The Morgan fingerprint density at radius 1 is 1.44 bits per heavy atom. The molecule has 0 atom stereocenters. The molecule has 0 bridgehead atoms. The van der Waals surface area contributed by atoms with E-state index >= 15 is 0 Å². The Kier molecular flexibility index (Phi) is 5.28. The van der Waals surface area contributed by atoms with E-state index in [-0.39, 0.29) is 12.3 Å². The van der Waals surface area contributed by atoms with Gasteiger partial charge in [0.25, 0.3) is 0 Å². The Morgan fingerprint density at radius 3 is 2.94 bits per heavy atom. The molecule has 5 heteroatoms. The van der Waals surface area contributed by atoms with Crippen LogP contribution in [0, 0.1) is 0 Å². The number of aromatic nitrogens is 1. The van der Waals surface area contributed by atoms with Crippen molar-refractivity contribution < 1.29 is 14.3 Å². The van der Waals surface area contributed by atoms with Crippen molar-refractivity contribution in [3.8, 4) is 0 Å². The lowest BCUT2D eigenvalue weighted by molar-refractivity contribution is 0.0314. The molecule has 0 aliphatic heterocycles. The van der Waals surface area contributed by atoms with Crippen LogP contribution in [0.15, 0.2) is 18.3 Å². The standard InChI is InChI=1S/C11H16N2O3/c1-2-6-15-7-8-16-11(14)10-9(12)4-3-5-13-10/h3-5H,2,6-8,12H2,1H3. The average Bonchev–Trinajstić information content (AvgIpc) is 2.29. The topological polar surface area (TPSA) is 74.4 Å². The van der Waals surface area contributed by atoms with Gasteiger partial charge in [0.2, 0.25) is 0 Å². The number of nitrogens with two attached hydrogens (primary N) is 1. The minimum absolute atomic E-state index is 0.151. The largest absolute Gasteiger partial charge is 0.458 e. The lowest BCUT2D eigenvalue weighted by atomic mass is 10.3. The predicted molar refractivity (Wildman–Crippen MR) is 60.0 cm³/mol. The number of nitrogen functional groups attached to an aromatic ring is 1. The van der Waals surface area contributed by atoms with Crippen LogP contribution in [0.5, 0.6) is 0 Å². The summed E-state index contributed by atoms with van der Waals surface area (Å²) in [6.45, 7) is 3.30. The highest BCUT2D eigenvalue weighted by Crippen LogP contribution is 2.07. The van der Waals surface area contributed by atoms with Crippen molar-refractivity contribution in [2.45, 2.75) is 13.3 Å². The quantitative estimate of drug-likeness (QED) is 0.581. The molecule has 0 aliphatic carbocycles. The summed E-state index contributed by atoms with van der Waals surface area (Å²) >= 11 is 0. The normalized spacial score (nSPS) is 10.1. The maximum atomic E-state index is 11.5. The van der Waals surface area contributed by atoms with Gasteiger partial charge in [0.1, 0.15) is 6.61 Å². The van der Waals surface area contributed by atoms with Crippen molar-refractivity contribution >= 4 is 11.7 Å². The highest BCUT2D eigenvalue weighted by molar-refractivity contribution is 5.92. The zero-order chi connectivity index (χ0) is 11.8. The summed E-state index contributed by atoms with van der Waals surface area (Å²) in [4.78, 5) is 15.3. The molecule has 0 aliphatic rings. The fourth-order valence-corrected chi connectivity index (χ4v) is 1.10. The molecule has 0 saturated carbocycles. The number of ether oxygens (including phenoxy) is 2. The van der Waals surface area contributed by atoms with E-state index in [0.717, 1.165) is 6.42 Å². The molecular formula is C11H16N2O3. The van der Waals surface area contributed by atoms with Gasteiger partial charge in [-0.1, -0.05) is 6.92 Å². The number of nitrogens with zero attached hydrogens (tertiary/aromatic N) is 1. The summed E-state index contributed by atoms with van der Waals surface area (Å²) in [5.74, 6) is -0.516. The van der Waals surface area contributed by atoms with Crippen molar-refractivity contribution in [3.05, 3.63) is 24.0 Å². The van der Waals surface area contributed by atoms with Gasteiger partial charge in [-0.3, -0.25) is 0 Å². The van der Waals surface area contributed by atoms with Crippen molar-refractivity contribution in [1.29, 1.82) is 0 Å². The second-order valence-electron chi connectivity index (χ2n) is 3.19. The monoisotopic (exact) mass is 224 g/mol. The number of rotatable bonds is 6. The first-order valence-corrected chi connectivity index (χ1v) is 5.21. The molecule has 1 rings (SSSR count). The first-order chi connectivity index (χ1) is 7.75. The summed E-state index contributed by atoms with van der Waals surface area (Å²) in [6.07, 6.45) is 2.45. The van der Waals surface area contributed by atoms with Crippen LogP contribution in [0.1, 0.15) is 23.8 Å². The first kappa shape index (κ1) is 12.4. The van der Waals surface area contributed by atoms with Gasteiger partial charge in [-0.15, -0.1) is 0 Å². The van der Waals surface area contributed by atoms with Gasteiger partial charge < -0.3 is 15.2 Å². The minimum atomic E-state index is -0.516. The van der Waals surface area contributed by atoms with Crippen molar-refractivity contribution in [2.75, 3.05) is 25.6 Å². The lowest BCUT2D eigenvalue weighted by Gasteiger charge is -2.06. The molecule has 0 aromatic carbocycles. The van der Waals surface area contributed by atoms with E-state index in [1.165, 1.54) is 6.20 Å². The first-order valence-electron chi connectivity index (χ1n) is 5.21. The van der Waals surface area contributed by atoms with Gasteiger partial charge >= 0.3 is 5.97 Å². The predicted octanol–water partition coefficient (Wildman–Crippen LogP) is 1.25. The molecule has 5 nitrogen and oxygen atoms in total. The Hall–Kier alpha value is -1.62. The van der Waals surface area contributed by atoms with Gasteiger partial charge in [-0.2, -0.15) is 0 Å². The van der Waals surface area contributed by atoms with E-state index in [1.807, 2.05) is 6.92 Å². The molecule has 0 spiro atoms. The third-order valence-electron chi connectivity index (χ3n) is 1.84. The summed E-state index contributed by atoms with van der Waals surface area (Å²) in [5.41, 5.74) is 6.05. The van der Waals surface area contributed by atoms with E-state index in [0.29, 0.717) is 18.9 Å². The summed E-state index contributed by atoms with van der Waals surface area (Å²) in [7, 11) is 0. The van der Waals surface area contributed by atoms with E-state index < -0.39 is 5.97 Å². The average molecular weight is 224 g/mol. The maximum Gasteiger partial charge on any atom is 0.359 e. The maximum absolute atomic E-state index is 11.5. The third kappa shape index (κ3) is 3.86. The summed E-state index contributed by atoms with van der Waals surface area (Å²) in [5, 5.41) is 0. The number of carbonyl (C=O) groups excluding carboxylic acids is 1. The van der Waals surface area contributed by atoms with Crippen LogP contribution in [0.4, 0.5) is 5.69 Å². The van der Waals surface area contributed by atoms with Crippen molar-refractivity contribution in [2.24, 2.45) is 0 Å². The smallest absolute Gasteiger partial charge is 0.359 e. The van der Waals surface area contributed by atoms with Gasteiger partial charge in [-0.25, -0.2) is 9.78 Å². The number of esters is 1. The highest BCUT2D eigenvalue weighted by atomic mass is 16.6. The molecule has 1 heterocycles. The number of carbonyl (C=O) groups is 1. The van der Waals surface area contributed by atoms with Gasteiger partial charge in [0.15, 0.2) is 5.69 Å². The van der Waals surface area contributed by atoms with Crippen LogP contribution in [0.25, 0.3) is 0 Å². The van der Waals surface area contributed by atoms with Gasteiger partial charge in [-0.05, 0) is 18.6 Å². The molecule has 16 heavy (non-hydrogen) atoms. The molecule has 1 aromatic heterocycles. The Bertz CT molecular complexity index is 342. The SMILES string of the molecule is CCCOCCOC(=O)c1ncccc1N. The van der Waals surface area contributed by atoms with E-state index in [2.05, 4.69) is 4.98 Å². The second kappa shape index (κ2) is 6.79. The fourth-order valence-electron chi connectivity index (χ4n) is 1.10. The molecule has 0 unspecified atom stereocenters. The van der Waals surface area contributed by atoms with E-state index in [9.17, 15) is 4.79 Å². The third-order valence-corrected chi connectivity index (χ3v) is 1.84. The lowest BCUT2D eigenvalue weighted by Crippen LogP contribution is -2.14. The zero-order valence-electron chi connectivity index (χ0n) is 9.31. The van der Waals surface area contributed by atoms with Crippen molar-refractivity contribution in [1.82, 2.24) is 4.98 Å². The highest BCUT2D eigenvalue weighted by Gasteiger charge is 2.11. The molecule has 1 aromatic rings. The van der Waals surface area contributed by atoms with Crippen LogP contribution < -0.4 is 5.73 Å². The Morgan fingerprint density at radius 2 is 2.25 bits per heavy atom. The van der Waals surface area contributed by atoms with Gasteiger partial charge in [0.05, 0.1) is 12.3 Å². The number of pyridine rings is 1. The van der Waals surface area contributed by atoms with Crippen LogP contribution in [0.3, 0.4) is 0 Å². The zero-order valence-corrected chi connectivity index (χ0v) is 9.31. The van der Waals surface area contributed by atoms with Gasteiger partial charge in [0, 0.05) is 12.8 Å². The van der Waals surface area contributed by atoms with Crippen molar-refractivity contribution in [3.63, 3.8) is 0 Å². The summed E-state index contributed by atoms with van der Waals surface area (Å²) in [6, 6.07) is 3.27. The number of hydrogen-bond donors (Lipinski definition) is 1. The molecule has 0 fully saturated rings. The number of anilines is 1. The fraction of sp³-hybridized carbons (Fsp3) is 0.455. The van der Waals surface area contributed by atoms with Crippen LogP contribution in [-0.4, -0.2) is 30.8 Å². The molecule has 88 valence electrons. The van der Waals surface area contributed by atoms with E-state index in [1.54, 1.807) is 12.1 Å². The molecule has 2 N–H and O–H groups in total. The Balaban J connectivity index is 2.33. The second-order valence-corrected chi connectivity index (χ2v) is 3.19. The van der Waals surface area contributed by atoms with Crippen LogP contribution in [-0.2, 0) is 9.47 Å². The molecular weight excluding hydrogens is 208 g/mol. The number of hydrogen-bond acceptors (Lipinski definition) is 5. The van der Waals surface area contributed by atoms with Crippen LogP contribution in [0.2, 0.25) is 0 Å². The Labute approximate surface area is 94.6 Å². The minimum Gasteiger partial charge on any atom is -0.458 e. The molecule has 0 radical (unpaired) electrons.